The number of hydrogen-bond donors (Lipinski definition) is 0. The first kappa shape index (κ1) is 33.1. The highest BCUT2D eigenvalue weighted by molar-refractivity contribution is 5.89. The zero-order valence-corrected chi connectivity index (χ0v) is 26.2. The van der Waals surface area contributed by atoms with Gasteiger partial charge in [0, 0.05) is 38.1 Å². The van der Waals surface area contributed by atoms with Gasteiger partial charge < -0.3 is 19.3 Å². The molecule has 5 rings (SSSR count). The summed E-state index contributed by atoms with van der Waals surface area (Å²) in [5.74, 6) is -0.813. The van der Waals surface area contributed by atoms with Crippen molar-refractivity contribution in [2.24, 2.45) is 5.92 Å². The van der Waals surface area contributed by atoms with Crippen LogP contribution >= 0.6 is 0 Å². The quantitative estimate of drug-likeness (QED) is 0.329. The van der Waals surface area contributed by atoms with Crippen molar-refractivity contribution in [3.63, 3.8) is 0 Å². The molecule has 1 aromatic heterocycles. The monoisotopic (exact) mass is 644 g/mol. The molecule has 0 saturated carbocycles. The Bertz CT molecular complexity index is 1630. The van der Waals surface area contributed by atoms with Gasteiger partial charge in [-0.3, -0.25) is 13.9 Å². The van der Waals surface area contributed by atoms with Crippen molar-refractivity contribution in [2.45, 2.75) is 70.8 Å². The normalized spacial score (nSPS) is 16.9. The lowest BCUT2D eigenvalue weighted by Crippen LogP contribution is -2.48. The first-order valence-corrected chi connectivity index (χ1v) is 15.5. The zero-order valence-electron chi connectivity index (χ0n) is 26.2. The fourth-order valence-electron chi connectivity index (χ4n) is 6.15. The number of fused-ring (bicyclic) bond motifs is 1. The molecule has 0 bridgehead atoms. The van der Waals surface area contributed by atoms with E-state index in [1.165, 1.54) is 15.2 Å². The number of aromatic nitrogens is 2. The topological polar surface area (TPSA) is 103 Å². The van der Waals surface area contributed by atoms with Crippen LogP contribution in [0.5, 0.6) is 0 Å². The van der Waals surface area contributed by atoms with Gasteiger partial charge in [-0.15, -0.1) is 0 Å². The summed E-state index contributed by atoms with van der Waals surface area (Å²) in [6, 6.07) is 11.2. The fraction of sp³-hybridized carbons (Fsp3) is 0.515. The van der Waals surface area contributed by atoms with Crippen molar-refractivity contribution in [3.8, 4) is 0 Å². The van der Waals surface area contributed by atoms with Crippen LogP contribution in [0.1, 0.15) is 68.4 Å². The summed E-state index contributed by atoms with van der Waals surface area (Å²) in [6.07, 6.45) is -3.04. The van der Waals surface area contributed by atoms with Crippen molar-refractivity contribution < 1.29 is 37.0 Å². The van der Waals surface area contributed by atoms with Gasteiger partial charge in [0.1, 0.15) is 12.2 Å². The fourth-order valence-corrected chi connectivity index (χ4v) is 6.15. The summed E-state index contributed by atoms with van der Waals surface area (Å²) in [5.41, 5.74) is -1.20. The Balaban J connectivity index is 1.26. The summed E-state index contributed by atoms with van der Waals surface area (Å²) in [5, 5.41) is 0. The highest BCUT2D eigenvalue weighted by atomic mass is 19.4. The van der Waals surface area contributed by atoms with Crippen LogP contribution in [0, 0.1) is 5.92 Å². The molecule has 2 aliphatic heterocycles. The van der Waals surface area contributed by atoms with E-state index in [4.69, 9.17) is 9.47 Å². The summed E-state index contributed by atoms with van der Waals surface area (Å²) in [7, 11) is 0. The minimum absolute atomic E-state index is 0.00659. The van der Waals surface area contributed by atoms with Gasteiger partial charge in [-0.2, -0.15) is 13.2 Å². The van der Waals surface area contributed by atoms with Crippen molar-refractivity contribution >= 4 is 29.0 Å². The second-order valence-electron chi connectivity index (χ2n) is 12.8. The number of amides is 2. The maximum Gasteiger partial charge on any atom is 0.416 e. The lowest BCUT2D eigenvalue weighted by molar-refractivity contribution is -0.138. The predicted molar refractivity (Wildman–Crippen MR) is 163 cm³/mol. The third-order valence-corrected chi connectivity index (χ3v) is 8.48. The van der Waals surface area contributed by atoms with E-state index in [9.17, 15) is 32.3 Å². The van der Waals surface area contributed by atoms with Crippen LogP contribution in [0.2, 0.25) is 0 Å². The van der Waals surface area contributed by atoms with E-state index in [0.29, 0.717) is 62.9 Å². The van der Waals surface area contributed by atoms with Gasteiger partial charge in [0.25, 0.3) is 0 Å². The smallest absolute Gasteiger partial charge is 0.416 e. The molecule has 13 heteroatoms. The van der Waals surface area contributed by atoms with Crippen molar-refractivity contribution in [2.75, 3.05) is 32.8 Å². The molecular formula is C33H39F3N4O6. The number of rotatable bonds is 6. The number of piperidine rings is 2. The van der Waals surface area contributed by atoms with Crippen LogP contribution in [-0.4, -0.2) is 75.3 Å². The summed E-state index contributed by atoms with van der Waals surface area (Å²) >= 11 is 0. The van der Waals surface area contributed by atoms with Gasteiger partial charge in [-0.05, 0) is 76.8 Å². The van der Waals surface area contributed by atoms with Gasteiger partial charge in [0.05, 0.1) is 28.7 Å². The number of carbonyl (C=O) groups excluding carboxylic acids is 3. The molecule has 3 heterocycles. The third kappa shape index (κ3) is 7.39. The number of esters is 1. The van der Waals surface area contributed by atoms with E-state index in [1.54, 1.807) is 60.9 Å². The molecule has 248 valence electrons. The molecule has 0 unspecified atom stereocenters. The SMILES string of the molecule is CC(C)(C)OC(=O)N1CCC(C(=O)N2CCC(n3c(=O)n(CCOC(=O)c4ccccc4)c4cc(C(F)(F)F)ccc43)CC2)CC1. The predicted octanol–water partition coefficient (Wildman–Crippen LogP) is 5.49. The number of alkyl halides is 3. The molecule has 3 aromatic rings. The Kier molecular flexibility index (Phi) is 9.50. The minimum atomic E-state index is -4.61. The molecule has 46 heavy (non-hydrogen) atoms. The second-order valence-corrected chi connectivity index (χ2v) is 12.8. The Morgan fingerprint density at radius 2 is 1.48 bits per heavy atom. The minimum Gasteiger partial charge on any atom is -0.460 e. The lowest BCUT2D eigenvalue weighted by atomic mass is 9.94. The molecule has 2 saturated heterocycles. The molecule has 0 N–H and O–H groups in total. The summed E-state index contributed by atoms with van der Waals surface area (Å²) in [6.45, 7) is 6.73. The maximum absolute atomic E-state index is 13.7. The van der Waals surface area contributed by atoms with Crippen LogP contribution in [0.15, 0.2) is 53.3 Å². The van der Waals surface area contributed by atoms with Gasteiger partial charge in [-0.25, -0.2) is 14.4 Å². The van der Waals surface area contributed by atoms with Gasteiger partial charge >= 0.3 is 23.9 Å². The van der Waals surface area contributed by atoms with E-state index in [1.807, 2.05) is 0 Å². The van der Waals surface area contributed by atoms with Gasteiger partial charge in [0.15, 0.2) is 0 Å². The van der Waals surface area contributed by atoms with Crippen molar-refractivity contribution in [1.29, 1.82) is 0 Å². The molecule has 2 aromatic carbocycles. The van der Waals surface area contributed by atoms with E-state index < -0.39 is 29.0 Å². The van der Waals surface area contributed by atoms with E-state index in [0.717, 1.165) is 12.1 Å². The van der Waals surface area contributed by atoms with Crippen LogP contribution < -0.4 is 5.69 Å². The molecule has 2 amide bonds. The van der Waals surface area contributed by atoms with Crippen LogP contribution in [0.3, 0.4) is 0 Å². The highest BCUT2D eigenvalue weighted by Gasteiger charge is 2.35. The number of imidazole rings is 1. The van der Waals surface area contributed by atoms with Crippen LogP contribution in [0.25, 0.3) is 11.0 Å². The molecule has 0 aliphatic carbocycles. The van der Waals surface area contributed by atoms with E-state index >= 15 is 0 Å². The van der Waals surface area contributed by atoms with Crippen LogP contribution in [0.4, 0.5) is 18.0 Å². The molecule has 0 radical (unpaired) electrons. The first-order valence-electron chi connectivity index (χ1n) is 15.5. The highest BCUT2D eigenvalue weighted by Crippen LogP contribution is 2.33. The zero-order chi connectivity index (χ0) is 33.2. The third-order valence-electron chi connectivity index (χ3n) is 8.48. The van der Waals surface area contributed by atoms with E-state index in [2.05, 4.69) is 0 Å². The summed E-state index contributed by atoms with van der Waals surface area (Å²) in [4.78, 5) is 55.3. The first-order chi connectivity index (χ1) is 21.7. The summed E-state index contributed by atoms with van der Waals surface area (Å²) < 4.78 is 54.4. The van der Waals surface area contributed by atoms with Crippen molar-refractivity contribution in [3.05, 3.63) is 70.1 Å². The number of hydrogen-bond acceptors (Lipinski definition) is 6. The Labute approximate surface area is 264 Å². The average molecular weight is 645 g/mol. The molecule has 0 spiro atoms. The number of halogens is 3. The lowest BCUT2D eigenvalue weighted by Gasteiger charge is -2.37. The Morgan fingerprint density at radius 1 is 0.848 bits per heavy atom. The molecular weight excluding hydrogens is 605 g/mol. The van der Waals surface area contributed by atoms with Crippen molar-refractivity contribution in [1.82, 2.24) is 18.9 Å². The van der Waals surface area contributed by atoms with Gasteiger partial charge in [0.2, 0.25) is 5.91 Å². The molecule has 0 atom stereocenters. The number of nitrogens with zero attached hydrogens (tertiary/aromatic N) is 4. The number of carbonyl (C=O) groups is 3. The largest absolute Gasteiger partial charge is 0.460 e. The average Bonchev–Trinajstić information content (AvgIpc) is 3.30. The van der Waals surface area contributed by atoms with E-state index in [-0.39, 0.29) is 42.6 Å². The maximum atomic E-state index is 13.7. The molecule has 2 fully saturated rings. The Morgan fingerprint density at radius 3 is 2.09 bits per heavy atom. The number of benzene rings is 2. The standard InChI is InChI=1S/C33H39F3N4O6/c1-32(2,3)46-31(44)38-15-11-22(12-16-38)28(41)37-17-13-25(14-18-37)40-26-10-9-24(33(34,35)36)21-27(26)39(30(40)43)19-20-45-29(42)23-7-5-4-6-8-23/h4-10,21-22,25H,11-20H2,1-3H3. The van der Waals surface area contributed by atoms with Crippen LogP contribution in [-0.2, 0) is 27.0 Å². The molecule has 2 aliphatic rings. The Hall–Kier alpha value is -4.29. The number of likely N-dealkylation sites (tertiary alicyclic amines) is 2. The van der Waals surface area contributed by atoms with Gasteiger partial charge in [-0.1, -0.05) is 18.2 Å². The molecule has 10 nitrogen and oxygen atoms in total. The number of ether oxygens (including phenoxy) is 2. The second kappa shape index (κ2) is 13.2.